The Bertz CT molecular complexity index is 691. The van der Waals surface area contributed by atoms with Crippen molar-refractivity contribution >= 4 is 17.2 Å². The molecule has 110 valence electrons. The van der Waals surface area contributed by atoms with Gasteiger partial charge in [0.2, 0.25) is 0 Å². The Morgan fingerprint density at radius 2 is 2.10 bits per heavy atom. The fraction of sp³-hybridized carbons (Fsp3) is 0.267. The Morgan fingerprint density at radius 1 is 1.38 bits per heavy atom. The number of carbonyl (C=O) groups is 1. The quantitative estimate of drug-likeness (QED) is 0.479. The Kier molecular flexibility index (Phi) is 4.07. The summed E-state index contributed by atoms with van der Waals surface area (Å²) >= 11 is 0. The van der Waals surface area contributed by atoms with Crippen LogP contribution in [0.25, 0.3) is 0 Å². The van der Waals surface area contributed by atoms with Crippen molar-refractivity contribution in [1.82, 2.24) is 0 Å². The van der Waals surface area contributed by atoms with Crippen LogP contribution in [0.5, 0.6) is 0 Å². The first kappa shape index (κ1) is 14.8. The molecule has 0 spiro atoms. The maximum Gasteiger partial charge on any atom is 0.280 e. The number of Topliss-reactive ketones (excluding diaryl/α,β-unsaturated/α-hetero) is 1. The minimum Gasteiger partial charge on any atom is -0.469 e. The average Bonchev–Trinajstić information content (AvgIpc) is 2.83. The fourth-order valence-electron chi connectivity index (χ4n) is 2.12. The lowest BCUT2D eigenvalue weighted by Crippen LogP contribution is -2.17. The molecule has 0 unspecified atom stereocenters. The average molecular weight is 288 g/mol. The molecule has 0 saturated carbocycles. The predicted octanol–water partition coefficient (Wildman–Crippen LogP) is 3.34. The second kappa shape index (κ2) is 5.78. The molecule has 6 nitrogen and oxygen atoms in total. The summed E-state index contributed by atoms with van der Waals surface area (Å²) in [5.74, 6) is 0.506. The van der Waals surface area contributed by atoms with E-state index in [9.17, 15) is 14.9 Å². The highest BCUT2D eigenvalue weighted by atomic mass is 16.6. The van der Waals surface area contributed by atoms with Crippen LogP contribution >= 0.6 is 0 Å². The molecule has 0 radical (unpaired) electrons. The normalized spacial score (nSPS) is 10.4. The van der Waals surface area contributed by atoms with Gasteiger partial charge < -0.3 is 9.32 Å². The molecule has 0 atom stereocenters. The summed E-state index contributed by atoms with van der Waals surface area (Å²) in [5, 5.41) is 10.9. The number of nitrogens with zero attached hydrogens (tertiary/aromatic N) is 2. The molecule has 0 aliphatic carbocycles. The van der Waals surface area contributed by atoms with Gasteiger partial charge in [0.15, 0.2) is 5.78 Å². The molecule has 0 amide bonds. The van der Waals surface area contributed by atoms with Gasteiger partial charge in [-0.05, 0) is 32.0 Å². The van der Waals surface area contributed by atoms with Crippen LogP contribution in [0, 0.1) is 17.0 Å². The van der Waals surface area contributed by atoms with Gasteiger partial charge >= 0.3 is 0 Å². The first-order valence-electron chi connectivity index (χ1n) is 6.43. The molecule has 0 bridgehead atoms. The van der Waals surface area contributed by atoms with E-state index in [2.05, 4.69) is 0 Å². The third kappa shape index (κ3) is 3.10. The highest BCUT2D eigenvalue weighted by molar-refractivity contribution is 5.99. The van der Waals surface area contributed by atoms with E-state index in [1.165, 1.54) is 13.0 Å². The van der Waals surface area contributed by atoms with E-state index in [-0.39, 0.29) is 17.0 Å². The molecule has 0 aliphatic rings. The minimum atomic E-state index is -0.541. The Labute approximate surface area is 122 Å². The van der Waals surface area contributed by atoms with Crippen molar-refractivity contribution in [3.8, 4) is 0 Å². The second-order valence-electron chi connectivity index (χ2n) is 4.87. The van der Waals surface area contributed by atoms with Gasteiger partial charge in [-0.2, -0.15) is 0 Å². The van der Waals surface area contributed by atoms with Crippen LogP contribution < -0.4 is 4.90 Å². The van der Waals surface area contributed by atoms with Gasteiger partial charge in [-0.3, -0.25) is 14.9 Å². The van der Waals surface area contributed by atoms with Crippen molar-refractivity contribution in [1.29, 1.82) is 0 Å². The summed E-state index contributed by atoms with van der Waals surface area (Å²) in [5.41, 5.74) is 1.72. The monoisotopic (exact) mass is 288 g/mol. The van der Waals surface area contributed by atoms with Crippen LogP contribution in [0.4, 0.5) is 11.4 Å². The number of ketones is 1. The van der Waals surface area contributed by atoms with Crippen LogP contribution in [-0.2, 0) is 6.54 Å². The first-order chi connectivity index (χ1) is 9.90. The summed E-state index contributed by atoms with van der Waals surface area (Å²) in [4.78, 5) is 23.9. The number of rotatable bonds is 5. The highest BCUT2D eigenvalue weighted by Crippen LogP contribution is 2.26. The Hall–Kier alpha value is -2.63. The van der Waals surface area contributed by atoms with E-state index >= 15 is 0 Å². The van der Waals surface area contributed by atoms with Gasteiger partial charge in [-0.25, -0.2) is 0 Å². The number of furan rings is 1. The van der Waals surface area contributed by atoms with Crippen LogP contribution in [0.15, 0.2) is 34.9 Å². The maximum absolute atomic E-state index is 11.6. The lowest BCUT2D eigenvalue weighted by atomic mass is 10.1. The van der Waals surface area contributed by atoms with Crippen molar-refractivity contribution < 1.29 is 14.1 Å². The largest absolute Gasteiger partial charge is 0.469 e. The minimum absolute atomic E-state index is 0.119. The molecule has 2 aromatic rings. The van der Waals surface area contributed by atoms with E-state index in [4.69, 9.17) is 4.42 Å². The molecule has 2 rings (SSSR count). The molecular formula is C15H16N2O4. The van der Waals surface area contributed by atoms with Crippen LogP contribution in [-0.4, -0.2) is 17.8 Å². The zero-order valence-electron chi connectivity index (χ0n) is 12.1. The van der Waals surface area contributed by atoms with E-state index in [0.29, 0.717) is 6.54 Å². The SMILES string of the molecule is CC(=O)c1cc(N(C)Cc2ccoc2C)ccc1[N+](=O)[O-]. The Morgan fingerprint density at radius 3 is 2.62 bits per heavy atom. The lowest BCUT2D eigenvalue weighted by Gasteiger charge is -2.19. The molecule has 6 heteroatoms. The molecule has 0 N–H and O–H groups in total. The van der Waals surface area contributed by atoms with Crippen molar-refractivity contribution in [2.45, 2.75) is 20.4 Å². The van der Waals surface area contributed by atoms with Gasteiger partial charge in [-0.15, -0.1) is 0 Å². The molecular weight excluding hydrogens is 272 g/mol. The number of hydrogen-bond acceptors (Lipinski definition) is 5. The standard InChI is InChI=1S/C15H16N2O4/c1-10(18)14-8-13(4-5-15(14)17(19)20)16(3)9-12-6-7-21-11(12)2/h4-8H,9H2,1-3H3. The molecule has 1 heterocycles. The number of nitro benzene ring substituents is 1. The third-order valence-corrected chi connectivity index (χ3v) is 3.37. The predicted molar refractivity (Wildman–Crippen MR) is 78.7 cm³/mol. The maximum atomic E-state index is 11.6. The van der Waals surface area contributed by atoms with Gasteiger partial charge in [0.05, 0.1) is 16.7 Å². The van der Waals surface area contributed by atoms with Crippen LogP contribution in [0.2, 0.25) is 0 Å². The molecule has 0 saturated heterocycles. The number of anilines is 1. The van der Waals surface area contributed by atoms with E-state index in [1.807, 2.05) is 24.9 Å². The number of nitro groups is 1. The molecule has 1 aromatic heterocycles. The van der Waals surface area contributed by atoms with E-state index < -0.39 is 4.92 Å². The summed E-state index contributed by atoms with van der Waals surface area (Å²) < 4.78 is 5.24. The number of carbonyl (C=O) groups excluding carboxylic acids is 1. The molecule has 1 aromatic carbocycles. The van der Waals surface area contributed by atoms with E-state index in [1.54, 1.807) is 18.4 Å². The highest BCUT2D eigenvalue weighted by Gasteiger charge is 2.19. The molecule has 21 heavy (non-hydrogen) atoms. The van der Waals surface area contributed by atoms with Crippen molar-refractivity contribution in [2.75, 3.05) is 11.9 Å². The van der Waals surface area contributed by atoms with E-state index in [0.717, 1.165) is 17.0 Å². The van der Waals surface area contributed by atoms with Crippen LogP contribution in [0.3, 0.4) is 0 Å². The van der Waals surface area contributed by atoms with Gasteiger partial charge in [0, 0.05) is 30.9 Å². The van der Waals surface area contributed by atoms with Crippen molar-refractivity contribution in [3.63, 3.8) is 0 Å². The van der Waals surface area contributed by atoms with Gasteiger partial charge in [0.25, 0.3) is 5.69 Å². The zero-order chi connectivity index (χ0) is 15.6. The molecule has 0 aliphatic heterocycles. The summed E-state index contributed by atoms with van der Waals surface area (Å²) in [6, 6.07) is 6.43. The first-order valence-corrected chi connectivity index (χ1v) is 6.43. The van der Waals surface area contributed by atoms with Crippen molar-refractivity contribution in [2.24, 2.45) is 0 Å². The second-order valence-corrected chi connectivity index (χ2v) is 4.87. The number of benzene rings is 1. The number of hydrogen-bond donors (Lipinski definition) is 0. The zero-order valence-corrected chi connectivity index (χ0v) is 12.1. The van der Waals surface area contributed by atoms with Crippen molar-refractivity contribution in [3.05, 3.63) is 57.5 Å². The summed E-state index contributed by atoms with van der Waals surface area (Å²) in [6.45, 7) is 3.80. The van der Waals surface area contributed by atoms with Gasteiger partial charge in [0.1, 0.15) is 5.76 Å². The lowest BCUT2D eigenvalue weighted by molar-refractivity contribution is -0.385. The smallest absolute Gasteiger partial charge is 0.280 e. The van der Waals surface area contributed by atoms with Crippen LogP contribution in [0.1, 0.15) is 28.6 Å². The fourth-order valence-corrected chi connectivity index (χ4v) is 2.12. The summed E-state index contributed by atoms with van der Waals surface area (Å²) in [6.07, 6.45) is 1.62. The Balaban J connectivity index is 2.32. The van der Waals surface area contributed by atoms with Gasteiger partial charge in [-0.1, -0.05) is 0 Å². The topological polar surface area (TPSA) is 76.6 Å². The number of aryl methyl sites for hydroxylation is 1. The third-order valence-electron chi connectivity index (χ3n) is 3.37. The molecule has 0 fully saturated rings. The summed E-state index contributed by atoms with van der Waals surface area (Å²) in [7, 11) is 1.86.